The van der Waals surface area contributed by atoms with E-state index in [1.165, 1.54) is 0 Å². The van der Waals surface area contributed by atoms with Gasteiger partial charge in [-0.25, -0.2) is 0 Å². The SMILES string of the molecule is C#CC1CC(=O)N(C2CCCC2O)C1. The third kappa shape index (κ3) is 1.51. The van der Waals surface area contributed by atoms with Crippen molar-refractivity contribution in [3.63, 3.8) is 0 Å². The number of rotatable bonds is 1. The normalized spacial score (nSPS) is 37.6. The van der Waals surface area contributed by atoms with Gasteiger partial charge in [0.25, 0.3) is 0 Å². The third-order valence-electron chi connectivity index (χ3n) is 3.24. The first-order valence-electron chi connectivity index (χ1n) is 5.16. The Labute approximate surface area is 84.1 Å². The molecule has 0 aromatic rings. The highest BCUT2D eigenvalue weighted by molar-refractivity contribution is 5.79. The van der Waals surface area contributed by atoms with Gasteiger partial charge in [-0.15, -0.1) is 12.3 Å². The van der Waals surface area contributed by atoms with Gasteiger partial charge in [-0.05, 0) is 19.3 Å². The number of amides is 1. The first-order valence-corrected chi connectivity index (χ1v) is 5.16. The highest BCUT2D eigenvalue weighted by atomic mass is 16.3. The van der Waals surface area contributed by atoms with Crippen LogP contribution in [-0.4, -0.2) is 34.6 Å². The summed E-state index contributed by atoms with van der Waals surface area (Å²) in [5, 5.41) is 9.68. The molecular formula is C11H15NO2. The molecule has 1 amide bonds. The molecule has 3 unspecified atom stereocenters. The van der Waals surface area contributed by atoms with Gasteiger partial charge in [0, 0.05) is 18.9 Å². The number of likely N-dealkylation sites (tertiary alicyclic amines) is 1. The van der Waals surface area contributed by atoms with Crippen LogP contribution >= 0.6 is 0 Å². The zero-order valence-corrected chi connectivity index (χ0v) is 8.15. The quantitative estimate of drug-likeness (QED) is 0.612. The maximum atomic E-state index is 11.6. The highest BCUT2D eigenvalue weighted by Gasteiger charge is 2.38. The lowest BCUT2D eigenvalue weighted by Crippen LogP contribution is -2.41. The molecule has 0 aromatic carbocycles. The highest BCUT2D eigenvalue weighted by Crippen LogP contribution is 2.29. The van der Waals surface area contributed by atoms with Crippen molar-refractivity contribution in [1.82, 2.24) is 4.90 Å². The second-order valence-corrected chi connectivity index (χ2v) is 4.18. The molecule has 76 valence electrons. The maximum Gasteiger partial charge on any atom is 0.224 e. The number of nitrogens with zero attached hydrogens (tertiary/aromatic N) is 1. The Bertz CT molecular complexity index is 282. The van der Waals surface area contributed by atoms with Gasteiger partial charge in [0.2, 0.25) is 5.91 Å². The van der Waals surface area contributed by atoms with Gasteiger partial charge in [0.05, 0.1) is 12.1 Å². The van der Waals surface area contributed by atoms with Gasteiger partial charge >= 0.3 is 0 Å². The second-order valence-electron chi connectivity index (χ2n) is 4.18. The Morgan fingerprint density at radius 3 is 2.79 bits per heavy atom. The van der Waals surface area contributed by atoms with E-state index in [1.54, 1.807) is 4.90 Å². The summed E-state index contributed by atoms with van der Waals surface area (Å²) in [5.74, 6) is 2.78. The number of hydrogen-bond donors (Lipinski definition) is 1. The maximum absolute atomic E-state index is 11.6. The minimum Gasteiger partial charge on any atom is -0.391 e. The van der Waals surface area contributed by atoms with Crippen LogP contribution in [0.1, 0.15) is 25.7 Å². The zero-order valence-electron chi connectivity index (χ0n) is 8.15. The van der Waals surface area contributed by atoms with Crippen molar-refractivity contribution in [3.05, 3.63) is 0 Å². The summed E-state index contributed by atoms with van der Waals surface area (Å²) in [4.78, 5) is 13.4. The van der Waals surface area contributed by atoms with Crippen molar-refractivity contribution >= 4 is 5.91 Å². The van der Waals surface area contributed by atoms with E-state index in [9.17, 15) is 9.90 Å². The predicted octanol–water partition coefficient (Wildman–Crippen LogP) is 0.382. The zero-order chi connectivity index (χ0) is 10.1. The molecule has 0 bridgehead atoms. The molecule has 2 aliphatic rings. The molecule has 3 heteroatoms. The van der Waals surface area contributed by atoms with Crippen LogP contribution in [0, 0.1) is 18.3 Å². The van der Waals surface area contributed by atoms with Crippen molar-refractivity contribution in [1.29, 1.82) is 0 Å². The fraction of sp³-hybridized carbons (Fsp3) is 0.727. The monoisotopic (exact) mass is 193 g/mol. The lowest BCUT2D eigenvalue weighted by atomic mass is 10.1. The summed E-state index contributed by atoms with van der Waals surface area (Å²) in [5.41, 5.74) is 0. The summed E-state index contributed by atoms with van der Waals surface area (Å²) < 4.78 is 0. The van der Waals surface area contributed by atoms with Gasteiger partial charge in [-0.1, -0.05) is 0 Å². The molecule has 1 saturated carbocycles. The fourth-order valence-corrected chi connectivity index (χ4v) is 2.45. The Morgan fingerprint density at radius 1 is 1.50 bits per heavy atom. The van der Waals surface area contributed by atoms with Crippen LogP contribution in [0.5, 0.6) is 0 Å². The molecule has 1 aliphatic carbocycles. The molecule has 1 aliphatic heterocycles. The van der Waals surface area contributed by atoms with Gasteiger partial charge in [-0.2, -0.15) is 0 Å². The van der Waals surface area contributed by atoms with E-state index >= 15 is 0 Å². The number of carbonyl (C=O) groups excluding carboxylic acids is 1. The summed E-state index contributed by atoms with van der Waals surface area (Å²) in [6.45, 7) is 0.636. The van der Waals surface area contributed by atoms with Crippen molar-refractivity contribution in [2.24, 2.45) is 5.92 Å². The average molecular weight is 193 g/mol. The first kappa shape index (κ1) is 9.54. The Balaban J connectivity index is 2.05. The van der Waals surface area contributed by atoms with Crippen LogP contribution in [-0.2, 0) is 4.79 Å². The van der Waals surface area contributed by atoms with Crippen LogP contribution < -0.4 is 0 Å². The van der Waals surface area contributed by atoms with E-state index in [0.717, 1.165) is 19.3 Å². The third-order valence-corrected chi connectivity index (χ3v) is 3.24. The molecule has 0 spiro atoms. The van der Waals surface area contributed by atoms with Crippen molar-refractivity contribution in [2.75, 3.05) is 6.54 Å². The smallest absolute Gasteiger partial charge is 0.224 e. The molecule has 1 N–H and O–H groups in total. The Morgan fingerprint density at radius 2 is 2.29 bits per heavy atom. The van der Waals surface area contributed by atoms with Gasteiger partial charge in [0.15, 0.2) is 0 Å². The number of terminal acetylenes is 1. The largest absolute Gasteiger partial charge is 0.391 e. The van der Waals surface area contributed by atoms with E-state index < -0.39 is 0 Å². The van der Waals surface area contributed by atoms with E-state index in [1.807, 2.05) is 0 Å². The van der Waals surface area contributed by atoms with Crippen molar-refractivity contribution < 1.29 is 9.90 Å². The van der Waals surface area contributed by atoms with Gasteiger partial charge in [0.1, 0.15) is 0 Å². The topological polar surface area (TPSA) is 40.5 Å². The number of carbonyl (C=O) groups is 1. The minimum absolute atomic E-state index is 0.0286. The van der Waals surface area contributed by atoms with E-state index in [4.69, 9.17) is 6.42 Å². The van der Waals surface area contributed by atoms with Crippen molar-refractivity contribution in [3.8, 4) is 12.3 Å². The average Bonchev–Trinajstić information content (AvgIpc) is 2.72. The minimum atomic E-state index is -0.338. The standard InChI is InChI=1S/C11H15NO2/c1-2-8-6-11(14)12(7-8)9-4-3-5-10(9)13/h1,8-10,13H,3-7H2. The first-order chi connectivity index (χ1) is 6.72. The molecule has 3 atom stereocenters. The summed E-state index contributed by atoms with van der Waals surface area (Å²) in [7, 11) is 0. The van der Waals surface area contributed by atoms with Crippen LogP contribution in [0.15, 0.2) is 0 Å². The van der Waals surface area contributed by atoms with Gasteiger partial charge in [-0.3, -0.25) is 4.79 Å². The molecule has 2 fully saturated rings. The van der Waals surface area contributed by atoms with Crippen LogP contribution in [0.25, 0.3) is 0 Å². The number of aliphatic hydroxyl groups is 1. The summed E-state index contributed by atoms with van der Waals surface area (Å²) in [6.07, 6.45) is 8.17. The van der Waals surface area contributed by atoms with E-state index in [2.05, 4.69) is 5.92 Å². The predicted molar refractivity (Wildman–Crippen MR) is 52.3 cm³/mol. The second kappa shape index (κ2) is 3.62. The lowest BCUT2D eigenvalue weighted by Gasteiger charge is -2.26. The molecule has 14 heavy (non-hydrogen) atoms. The molecule has 1 heterocycles. The van der Waals surface area contributed by atoms with Crippen LogP contribution in [0.2, 0.25) is 0 Å². The van der Waals surface area contributed by atoms with Crippen molar-refractivity contribution in [2.45, 2.75) is 37.8 Å². The molecule has 0 radical (unpaired) electrons. The van der Waals surface area contributed by atoms with E-state index in [0.29, 0.717) is 13.0 Å². The summed E-state index contributed by atoms with van der Waals surface area (Å²) >= 11 is 0. The fourth-order valence-electron chi connectivity index (χ4n) is 2.45. The molecule has 3 nitrogen and oxygen atoms in total. The summed E-state index contributed by atoms with van der Waals surface area (Å²) in [6, 6.07) is 0.0286. The molecule has 1 saturated heterocycles. The van der Waals surface area contributed by atoms with Crippen LogP contribution in [0.3, 0.4) is 0 Å². The van der Waals surface area contributed by atoms with Crippen LogP contribution in [0.4, 0.5) is 0 Å². The Hall–Kier alpha value is -1.01. The van der Waals surface area contributed by atoms with Gasteiger partial charge < -0.3 is 10.0 Å². The number of aliphatic hydroxyl groups excluding tert-OH is 1. The lowest BCUT2D eigenvalue weighted by molar-refractivity contribution is -0.131. The molecular weight excluding hydrogens is 178 g/mol. The molecule has 0 aromatic heterocycles. The number of hydrogen-bond acceptors (Lipinski definition) is 2. The Kier molecular flexibility index (Phi) is 2.47. The molecule has 2 rings (SSSR count). The van der Waals surface area contributed by atoms with E-state index in [-0.39, 0.29) is 24.0 Å².